The normalized spacial score (nSPS) is 13.8. The highest BCUT2D eigenvalue weighted by Gasteiger charge is 2.30. The molecule has 2 aromatic carbocycles. The lowest BCUT2D eigenvalue weighted by Crippen LogP contribution is -2.51. The average Bonchev–Trinajstić information content (AvgIpc) is 3.13. The minimum Gasteiger partial charge on any atom is -0.480 e. The summed E-state index contributed by atoms with van der Waals surface area (Å²) >= 11 is 1.52. The molecule has 2 atom stereocenters. The molecule has 2 unspecified atom stereocenters. The molecule has 2 aromatic rings. The second-order valence-electron chi connectivity index (χ2n) is 7.73. The monoisotopic (exact) mass is 468 g/mol. The first-order chi connectivity index (χ1) is 16.0. The highest BCUT2D eigenvalue weighted by molar-refractivity contribution is 7.98. The first kappa shape index (κ1) is 24.4. The van der Waals surface area contributed by atoms with E-state index >= 15 is 0 Å². The number of thioether (sulfide) groups is 1. The Morgan fingerprint density at radius 1 is 1.06 bits per heavy atom. The van der Waals surface area contributed by atoms with E-state index in [4.69, 9.17) is 4.74 Å². The summed E-state index contributed by atoms with van der Waals surface area (Å²) in [6.45, 7) is 3.65. The molecule has 1 aliphatic carbocycles. The van der Waals surface area contributed by atoms with Crippen molar-refractivity contribution in [3.05, 3.63) is 72.3 Å². The van der Waals surface area contributed by atoms with Crippen molar-refractivity contribution in [3.63, 3.8) is 0 Å². The second-order valence-corrected chi connectivity index (χ2v) is 8.71. The van der Waals surface area contributed by atoms with Crippen LogP contribution in [0, 0.1) is 0 Å². The van der Waals surface area contributed by atoms with Gasteiger partial charge in [-0.15, -0.1) is 6.58 Å². The Hall–Kier alpha value is -3.26. The van der Waals surface area contributed by atoms with Crippen molar-refractivity contribution < 1.29 is 24.2 Å². The first-order valence-electron chi connectivity index (χ1n) is 10.7. The number of nitrogens with one attached hydrogen (secondary N) is 2. The topological polar surface area (TPSA) is 105 Å². The van der Waals surface area contributed by atoms with Gasteiger partial charge in [0, 0.05) is 5.92 Å². The Bertz CT molecular complexity index is 980. The van der Waals surface area contributed by atoms with Gasteiger partial charge in [-0.05, 0) is 47.1 Å². The Balaban J connectivity index is 1.65. The van der Waals surface area contributed by atoms with E-state index in [1.165, 1.54) is 17.8 Å². The van der Waals surface area contributed by atoms with Gasteiger partial charge in [0.15, 0.2) is 0 Å². The fourth-order valence-electron chi connectivity index (χ4n) is 3.95. The number of aliphatic carboxylic acids is 1. The van der Waals surface area contributed by atoms with Gasteiger partial charge in [-0.2, -0.15) is 11.8 Å². The van der Waals surface area contributed by atoms with Crippen LogP contribution in [-0.2, 0) is 14.3 Å². The lowest BCUT2D eigenvalue weighted by molar-refractivity contribution is -0.142. The molecule has 0 saturated heterocycles. The number of amides is 2. The van der Waals surface area contributed by atoms with Gasteiger partial charge >= 0.3 is 12.1 Å². The summed E-state index contributed by atoms with van der Waals surface area (Å²) in [6, 6.07) is 14.1. The number of alkyl carbamates (subject to hydrolysis) is 1. The maximum Gasteiger partial charge on any atom is 0.407 e. The quantitative estimate of drug-likeness (QED) is 0.434. The predicted molar refractivity (Wildman–Crippen MR) is 129 cm³/mol. The Morgan fingerprint density at radius 3 is 2.21 bits per heavy atom. The highest BCUT2D eigenvalue weighted by atomic mass is 32.2. The van der Waals surface area contributed by atoms with Crippen LogP contribution < -0.4 is 10.6 Å². The van der Waals surface area contributed by atoms with Gasteiger partial charge in [-0.3, -0.25) is 4.79 Å². The van der Waals surface area contributed by atoms with Crippen molar-refractivity contribution >= 4 is 29.7 Å². The van der Waals surface area contributed by atoms with Crippen LogP contribution in [0.2, 0.25) is 0 Å². The van der Waals surface area contributed by atoms with Gasteiger partial charge in [0.1, 0.15) is 18.7 Å². The zero-order chi connectivity index (χ0) is 23.8. The molecule has 0 fully saturated rings. The molecule has 33 heavy (non-hydrogen) atoms. The zero-order valence-corrected chi connectivity index (χ0v) is 19.3. The molecule has 0 bridgehead atoms. The summed E-state index contributed by atoms with van der Waals surface area (Å²) in [4.78, 5) is 36.6. The Kier molecular flexibility index (Phi) is 8.54. The summed E-state index contributed by atoms with van der Waals surface area (Å²) in [7, 11) is 0. The summed E-state index contributed by atoms with van der Waals surface area (Å²) in [6.07, 6.45) is 3.03. The number of hydrogen-bond acceptors (Lipinski definition) is 5. The van der Waals surface area contributed by atoms with Crippen LogP contribution in [0.5, 0.6) is 0 Å². The molecule has 174 valence electrons. The van der Waals surface area contributed by atoms with E-state index in [9.17, 15) is 19.5 Å². The molecule has 0 aliphatic heterocycles. The number of fused-ring (bicyclic) bond motifs is 3. The molecule has 8 heteroatoms. The Morgan fingerprint density at radius 2 is 1.67 bits per heavy atom. The molecule has 3 rings (SSSR count). The van der Waals surface area contributed by atoms with Crippen LogP contribution in [0.4, 0.5) is 4.79 Å². The summed E-state index contributed by atoms with van der Waals surface area (Å²) in [5, 5.41) is 14.4. The lowest BCUT2D eigenvalue weighted by Gasteiger charge is -2.21. The number of benzene rings is 2. The minimum atomic E-state index is -1.16. The van der Waals surface area contributed by atoms with Crippen molar-refractivity contribution in [1.82, 2.24) is 10.6 Å². The maximum absolute atomic E-state index is 12.7. The van der Waals surface area contributed by atoms with Gasteiger partial charge in [0.25, 0.3) is 0 Å². The molecule has 0 radical (unpaired) electrons. The van der Waals surface area contributed by atoms with E-state index in [0.717, 1.165) is 22.3 Å². The van der Waals surface area contributed by atoms with Crippen molar-refractivity contribution in [1.29, 1.82) is 0 Å². The van der Waals surface area contributed by atoms with Crippen LogP contribution in [0.1, 0.15) is 29.9 Å². The van der Waals surface area contributed by atoms with Gasteiger partial charge in [0.05, 0.1) is 0 Å². The van der Waals surface area contributed by atoms with E-state index < -0.39 is 30.1 Å². The molecule has 0 aromatic heterocycles. The van der Waals surface area contributed by atoms with Gasteiger partial charge in [0.2, 0.25) is 5.91 Å². The van der Waals surface area contributed by atoms with Crippen molar-refractivity contribution in [2.24, 2.45) is 0 Å². The number of rotatable bonds is 11. The van der Waals surface area contributed by atoms with Crippen LogP contribution in [0.3, 0.4) is 0 Å². The molecular formula is C25H28N2O5S. The van der Waals surface area contributed by atoms with Crippen molar-refractivity contribution in [2.75, 3.05) is 18.6 Å². The minimum absolute atomic E-state index is 0.0846. The predicted octanol–water partition coefficient (Wildman–Crippen LogP) is 3.79. The summed E-state index contributed by atoms with van der Waals surface area (Å²) in [5.41, 5.74) is 4.44. The number of carbonyl (C=O) groups excluding carboxylic acids is 2. The van der Waals surface area contributed by atoms with Crippen LogP contribution in [0.15, 0.2) is 61.2 Å². The van der Waals surface area contributed by atoms with Crippen molar-refractivity contribution in [3.8, 4) is 11.1 Å². The van der Waals surface area contributed by atoms with E-state index in [1.807, 2.05) is 42.7 Å². The van der Waals surface area contributed by atoms with Crippen LogP contribution >= 0.6 is 11.8 Å². The fourth-order valence-corrected chi connectivity index (χ4v) is 4.42. The first-order valence-corrected chi connectivity index (χ1v) is 12.1. The molecule has 0 spiro atoms. The zero-order valence-electron chi connectivity index (χ0n) is 18.5. The molecule has 7 nitrogen and oxygen atoms in total. The van der Waals surface area contributed by atoms with Crippen molar-refractivity contribution in [2.45, 2.75) is 30.8 Å². The second kappa shape index (κ2) is 11.6. The number of carboxylic acid groups (broad SMARTS) is 1. The smallest absolute Gasteiger partial charge is 0.407 e. The Labute approximate surface area is 197 Å². The molecule has 2 amide bonds. The third kappa shape index (κ3) is 5.96. The maximum atomic E-state index is 12.7. The van der Waals surface area contributed by atoms with Gasteiger partial charge in [-0.25, -0.2) is 9.59 Å². The SMILES string of the molecule is C=CCC(NC(=O)C(CCSC)NC(=O)OCC1c2ccccc2-c2ccccc21)C(=O)O. The fraction of sp³-hybridized carbons (Fsp3) is 0.320. The summed E-state index contributed by atoms with van der Waals surface area (Å²) in [5.74, 6) is -1.20. The van der Waals surface area contributed by atoms with Gasteiger partial charge in [-0.1, -0.05) is 54.6 Å². The molecular weight excluding hydrogens is 440 g/mol. The molecule has 0 heterocycles. The summed E-state index contributed by atoms with van der Waals surface area (Å²) < 4.78 is 5.53. The third-order valence-corrected chi connectivity index (χ3v) is 6.22. The van der Waals surface area contributed by atoms with E-state index in [2.05, 4.69) is 29.3 Å². The van der Waals surface area contributed by atoms with Gasteiger partial charge < -0.3 is 20.5 Å². The van der Waals surface area contributed by atoms with E-state index in [0.29, 0.717) is 12.2 Å². The number of ether oxygens (including phenoxy) is 1. The van der Waals surface area contributed by atoms with E-state index in [-0.39, 0.29) is 18.9 Å². The molecule has 1 aliphatic rings. The third-order valence-electron chi connectivity index (χ3n) is 5.58. The largest absolute Gasteiger partial charge is 0.480 e. The average molecular weight is 469 g/mol. The highest BCUT2D eigenvalue weighted by Crippen LogP contribution is 2.44. The standard InChI is InChI=1S/C25H28N2O5S/c1-3-8-22(24(29)30)26-23(28)21(13-14-33-2)27-25(31)32-15-20-18-11-6-4-9-16(18)17-10-5-7-12-19(17)20/h3-7,9-12,20-22H,1,8,13-15H2,2H3,(H,26,28)(H,27,31)(H,29,30). The molecule has 3 N–H and O–H groups in total. The van der Waals surface area contributed by atoms with Crippen LogP contribution in [0.25, 0.3) is 11.1 Å². The number of hydrogen-bond donors (Lipinski definition) is 3. The molecule has 0 saturated carbocycles. The number of carboxylic acids is 1. The number of carbonyl (C=O) groups is 3. The van der Waals surface area contributed by atoms with E-state index in [1.54, 1.807) is 0 Å². The lowest BCUT2D eigenvalue weighted by atomic mass is 9.98. The van der Waals surface area contributed by atoms with Crippen LogP contribution in [-0.4, -0.2) is 53.8 Å².